The van der Waals surface area contributed by atoms with Crippen LogP contribution in [0.4, 0.5) is 5.69 Å². The van der Waals surface area contributed by atoms with Crippen LogP contribution in [0, 0.1) is 6.57 Å². The lowest BCUT2D eigenvalue weighted by molar-refractivity contribution is 0.448. The fraction of sp³-hybridized carbons (Fsp3) is 0.320. The minimum absolute atomic E-state index is 0.179. The molecule has 0 aliphatic carbocycles. The smallest absolute Gasteiger partial charge is 0.227 e. The van der Waals surface area contributed by atoms with E-state index in [1.807, 2.05) is 41.0 Å². The molecule has 0 spiro atoms. The van der Waals surface area contributed by atoms with Crippen molar-refractivity contribution in [3.8, 4) is 22.3 Å². The Bertz CT molecular complexity index is 1280. The molecule has 4 aromatic rings. The van der Waals surface area contributed by atoms with Crippen LogP contribution >= 0.6 is 0 Å². The van der Waals surface area contributed by atoms with Crippen LogP contribution in [0.2, 0.25) is 0 Å². The molecule has 2 fully saturated rings. The summed E-state index contributed by atoms with van der Waals surface area (Å²) in [5.41, 5.74) is 7.01. The molecular formula is C25H24N6. The van der Waals surface area contributed by atoms with Gasteiger partial charge >= 0.3 is 0 Å². The quantitative estimate of drug-likeness (QED) is 0.457. The average molecular weight is 409 g/mol. The molecule has 6 heteroatoms. The Balaban J connectivity index is 1.41. The van der Waals surface area contributed by atoms with E-state index in [1.165, 1.54) is 24.1 Å². The number of piperidine rings is 1. The normalized spacial score (nSPS) is 22.7. The summed E-state index contributed by atoms with van der Waals surface area (Å²) in [6, 6.07) is 14.1. The van der Waals surface area contributed by atoms with E-state index >= 15 is 0 Å². The van der Waals surface area contributed by atoms with E-state index in [4.69, 9.17) is 6.57 Å². The van der Waals surface area contributed by atoms with Crippen molar-refractivity contribution in [2.24, 2.45) is 7.05 Å². The van der Waals surface area contributed by atoms with Crippen molar-refractivity contribution >= 4 is 11.2 Å². The lowest BCUT2D eigenvalue weighted by Gasteiger charge is -2.37. The third kappa shape index (κ3) is 2.92. The third-order valence-electron chi connectivity index (χ3n) is 6.92. The van der Waals surface area contributed by atoms with Gasteiger partial charge in [0.1, 0.15) is 0 Å². The molecule has 0 saturated carbocycles. The Morgan fingerprint density at radius 3 is 2.35 bits per heavy atom. The van der Waals surface area contributed by atoms with Gasteiger partial charge in [0.05, 0.1) is 23.6 Å². The summed E-state index contributed by atoms with van der Waals surface area (Å²) in [6.45, 7) is 7.50. The van der Waals surface area contributed by atoms with Crippen LogP contribution in [0.3, 0.4) is 0 Å². The topological polar surface area (TPSA) is 42.7 Å². The number of hydrogen-bond acceptors (Lipinski definition) is 3. The zero-order valence-corrected chi connectivity index (χ0v) is 17.5. The van der Waals surface area contributed by atoms with Gasteiger partial charge in [-0.05, 0) is 36.1 Å². The van der Waals surface area contributed by atoms with Gasteiger partial charge in [-0.1, -0.05) is 24.3 Å². The van der Waals surface area contributed by atoms with Gasteiger partial charge in [0.25, 0.3) is 0 Å². The molecule has 0 amide bonds. The second-order valence-corrected chi connectivity index (χ2v) is 8.77. The first kappa shape index (κ1) is 18.2. The second-order valence-electron chi connectivity index (χ2n) is 8.77. The highest BCUT2D eigenvalue weighted by molar-refractivity contribution is 5.91. The molecule has 154 valence electrons. The number of pyridine rings is 1. The molecule has 0 N–H and O–H groups in total. The summed E-state index contributed by atoms with van der Waals surface area (Å²) in [4.78, 5) is 6.46. The molecule has 0 radical (unpaired) electrons. The molecule has 2 unspecified atom stereocenters. The Morgan fingerprint density at radius 1 is 0.935 bits per heavy atom. The summed E-state index contributed by atoms with van der Waals surface area (Å²) < 4.78 is 3.83. The zero-order chi connectivity index (χ0) is 20.9. The van der Waals surface area contributed by atoms with Crippen LogP contribution < -0.4 is 4.90 Å². The second kappa shape index (κ2) is 6.98. The van der Waals surface area contributed by atoms with Crippen LogP contribution in [-0.2, 0) is 7.05 Å². The number of fused-ring (bicyclic) bond motifs is 3. The Hall–Kier alpha value is -3.59. The van der Waals surface area contributed by atoms with E-state index in [-0.39, 0.29) is 6.04 Å². The Morgan fingerprint density at radius 2 is 1.68 bits per heavy atom. The van der Waals surface area contributed by atoms with Crippen LogP contribution in [0.15, 0.2) is 61.2 Å². The fourth-order valence-corrected chi connectivity index (χ4v) is 5.50. The van der Waals surface area contributed by atoms with Gasteiger partial charge in [-0.25, -0.2) is 11.1 Å². The molecule has 3 aromatic heterocycles. The summed E-state index contributed by atoms with van der Waals surface area (Å²) >= 11 is 0. The van der Waals surface area contributed by atoms with Gasteiger partial charge in [-0.15, -0.1) is 0 Å². The molecule has 1 aromatic carbocycles. The van der Waals surface area contributed by atoms with Crippen LogP contribution in [0.1, 0.15) is 25.7 Å². The standard InChI is InChI=1S/C25H24N6/c1-26-20-12-21-9-10-22(13-20)31(21)24-4-3-11-30-25(24)23(15-28-30)18-7-5-17(6-8-18)19-14-27-29(2)16-19/h3-8,11,14-16,20-22H,9-10,12-13H2,2H3. The van der Waals surface area contributed by atoms with Crippen molar-refractivity contribution in [2.75, 3.05) is 4.90 Å². The maximum atomic E-state index is 7.50. The molecule has 2 aliphatic heterocycles. The zero-order valence-electron chi connectivity index (χ0n) is 17.5. The van der Waals surface area contributed by atoms with Gasteiger partial charge in [-0.2, -0.15) is 10.2 Å². The van der Waals surface area contributed by atoms with E-state index < -0.39 is 0 Å². The van der Waals surface area contributed by atoms with Gasteiger partial charge < -0.3 is 9.74 Å². The lowest BCUT2D eigenvalue weighted by Crippen LogP contribution is -2.44. The predicted octanol–water partition coefficient (Wildman–Crippen LogP) is 4.82. The molecule has 2 bridgehead atoms. The molecule has 31 heavy (non-hydrogen) atoms. The van der Waals surface area contributed by atoms with E-state index in [1.54, 1.807) is 0 Å². The van der Waals surface area contributed by atoms with Crippen LogP contribution in [0.25, 0.3) is 32.6 Å². The number of nitrogens with zero attached hydrogens (tertiary/aromatic N) is 6. The van der Waals surface area contributed by atoms with Crippen molar-refractivity contribution < 1.29 is 0 Å². The van der Waals surface area contributed by atoms with Crippen molar-refractivity contribution in [2.45, 2.75) is 43.8 Å². The van der Waals surface area contributed by atoms with Gasteiger partial charge in [-0.3, -0.25) is 4.68 Å². The number of rotatable bonds is 3. The molecule has 2 saturated heterocycles. The number of benzene rings is 1. The summed E-state index contributed by atoms with van der Waals surface area (Å²) in [7, 11) is 1.94. The van der Waals surface area contributed by atoms with Gasteiger partial charge in [0.2, 0.25) is 6.04 Å². The van der Waals surface area contributed by atoms with Gasteiger partial charge in [0.15, 0.2) is 0 Å². The molecule has 6 nitrogen and oxygen atoms in total. The monoisotopic (exact) mass is 408 g/mol. The molecule has 6 rings (SSSR count). The highest BCUT2D eigenvalue weighted by Crippen LogP contribution is 2.43. The SMILES string of the molecule is [C-]#[N+]C1CC2CCC(C1)N2c1cccn2ncc(-c3ccc(-c4cnn(C)c4)cc3)c12. The largest absolute Gasteiger partial charge is 0.363 e. The number of aryl methyl sites for hydroxylation is 1. The van der Waals surface area contributed by atoms with Crippen molar-refractivity contribution in [3.63, 3.8) is 0 Å². The Labute approximate surface area is 181 Å². The molecule has 2 atom stereocenters. The van der Waals surface area contributed by atoms with Crippen LogP contribution in [0.5, 0.6) is 0 Å². The summed E-state index contributed by atoms with van der Waals surface area (Å²) in [5, 5.41) is 8.94. The van der Waals surface area contributed by atoms with E-state index in [9.17, 15) is 0 Å². The number of anilines is 1. The highest BCUT2D eigenvalue weighted by Gasteiger charge is 2.44. The van der Waals surface area contributed by atoms with E-state index in [0.717, 1.165) is 35.0 Å². The van der Waals surface area contributed by atoms with E-state index in [2.05, 4.69) is 56.3 Å². The molecule has 2 aliphatic rings. The minimum Gasteiger partial charge on any atom is -0.363 e. The van der Waals surface area contributed by atoms with Crippen molar-refractivity contribution in [1.29, 1.82) is 0 Å². The van der Waals surface area contributed by atoms with Crippen molar-refractivity contribution in [1.82, 2.24) is 19.4 Å². The first-order chi connectivity index (χ1) is 15.2. The first-order valence-corrected chi connectivity index (χ1v) is 10.9. The maximum Gasteiger partial charge on any atom is 0.227 e. The fourth-order valence-electron chi connectivity index (χ4n) is 5.50. The van der Waals surface area contributed by atoms with Gasteiger partial charge in [0, 0.05) is 55.5 Å². The van der Waals surface area contributed by atoms with E-state index in [0.29, 0.717) is 12.1 Å². The summed E-state index contributed by atoms with van der Waals surface area (Å²) in [5.74, 6) is 0. The average Bonchev–Trinajstić information content (AvgIpc) is 3.49. The molecular weight excluding hydrogens is 384 g/mol. The van der Waals surface area contributed by atoms with Crippen LogP contribution in [-0.4, -0.2) is 37.5 Å². The third-order valence-corrected chi connectivity index (χ3v) is 6.92. The first-order valence-electron chi connectivity index (χ1n) is 10.9. The number of aromatic nitrogens is 4. The lowest BCUT2D eigenvalue weighted by atomic mass is 9.96. The van der Waals surface area contributed by atoms with Crippen molar-refractivity contribution in [3.05, 3.63) is 72.6 Å². The molecule has 5 heterocycles. The maximum absolute atomic E-state index is 7.50. The summed E-state index contributed by atoms with van der Waals surface area (Å²) in [6.07, 6.45) is 12.2. The number of hydrogen-bond donors (Lipinski definition) is 0. The minimum atomic E-state index is 0.179. The predicted molar refractivity (Wildman–Crippen MR) is 122 cm³/mol. The Kier molecular flexibility index (Phi) is 4.10. The highest BCUT2D eigenvalue weighted by atomic mass is 15.3.